The van der Waals surface area contributed by atoms with Gasteiger partial charge in [0, 0.05) is 50.1 Å². The molecule has 11 heteroatoms. The van der Waals surface area contributed by atoms with E-state index < -0.39 is 27.1 Å². The number of nitrogens with zero attached hydrogens (tertiary/aromatic N) is 6. The molecule has 0 radical (unpaired) electrons. The van der Waals surface area contributed by atoms with E-state index >= 15 is 0 Å². The minimum Gasteiger partial charge on any atom is -0.353 e. The number of aryl methyl sites for hydroxylation is 1. The third-order valence-electron chi connectivity index (χ3n) is 4.67. The van der Waals surface area contributed by atoms with Crippen molar-refractivity contribution in [3.05, 3.63) is 61.6 Å². The van der Waals surface area contributed by atoms with Gasteiger partial charge in [0.05, 0.1) is 15.4 Å². The van der Waals surface area contributed by atoms with E-state index in [-0.39, 0.29) is 11.1 Å². The molecule has 1 aliphatic rings. The molecule has 1 fully saturated rings. The van der Waals surface area contributed by atoms with Gasteiger partial charge >= 0.3 is 0 Å². The molecule has 0 aliphatic carbocycles. The van der Waals surface area contributed by atoms with Gasteiger partial charge in [-0.05, 0) is 13.8 Å². The maximum absolute atomic E-state index is 12.8. The number of carbonyl (C=O) groups is 1. The van der Waals surface area contributed by atoms with Gasteiger partial charge in [-0.15, -0.1) is 0 Å². The number of hydrogen-bond acceptors (Lipinski definition) is 8. The maximum Gasteiger partial charge on any atom is 0.279 e. The Bertz CT molecular complexity index is 920. The lowest BCUT2D eigenvalue weighted by Crippen LogP contribution is -2.49. The van der Waals surface area contributed by atoms with Crippen molar-refractivity contribution in [1.29, 1.82) is 0 Å². The van der Waals surface area contributed by atoms with Gasteiger partial charge in [0.25, 0.3) is 17.3 Å². The molecule has 1 aromatic heterocycles. The molecule has 0 unspecified atom stereocenters. The second-order valence-corrected chi connectivity index (χ2v) is 6.45. The third kappa shape index (κ3) is 3.72. The van der Waals surface area contributed by atoms with Crippen LogP contribution in [0, 0.1) is 34.1 Å². The molecule has 11 nitrogen and oxygen atoms in total. The average molecular weight is 386 g/mol. The molecule has 2 heterocycles. The highest BCUT2D eigenvalue weighted by atomic mass is 16.6. The van der Waals surface area contributed by atoms with Crippen molar-refractivity contribution in [2.75, 3.05) is 31.1 Å². The molecule has 0 N–H and O–H groups in total. The van der Waals surface area contributed by atoms with Crippen LogP contribution in [-0.2, 0) is 0 Å². The Morgan fingerprint density at radius 2 is 1.54 bits per heavy atom. The Hall–Kier alpha value is -3.63. The number of amides is 1. The first-order valence-electron chi connectivity index (χ1n) is 8.54. The van der Waals surface area contributed by atoms with Gasteiger partial charge in [0.2, 0.25) is 0 Å². The second kappa shape index (κ2) is 7.55. The van der Waals surface area contributed by atoms with Crippen LogP contribution in [0.1, 0.15) is 21.6 Å². The number of nitro benzene ring substituents is 2. The van der Waals surface area contributed by atoms with Crippen LogP contribution in [0.4, 0.5) is 17.2 Å². The van der Waals surface area contributed by atoms with Gasteiger partial charge in [-0.25, -0.2) is 9.97 Å². The van der Waals surface area contributed by atoms with Gasteiger partial charge in [0.15, 0.2) is 0 Å². The molecule has 0 bridgehead atoms. The van der Waals surface area contributed by atoms with Gasteiger partial charge in [-0.3, -0.25) is 25.0 Å². The Kier molecular flexibility index (Phi) is 5.16. The fraction of sp³-hybridized carbons (Fsp3) is 0.353. The van der Waals surface area contributed by atoms with E-state index in [9.17, 15) is 25.0 Å². The first-order valence-corrected chi connectivity index (χ1v) is 8.54. The van der Waals surface area contributed by atoms with Gasteiger partial charge in [0.1, 0.15) is 17.7 Å². The van der Waals surface area contributed by atoms with Crippen molar-refractivity contribution in [1.82, 2.24) is 14.9 Å². The Morgan fingerprint density at radius 3 is 2.04 bits per heavy atom. The number of carbonyl (C=O) groups excluding carboxylic acids is 1. The van der Waals surface area contributed by atoms with E-state index in [0.717, 1.165) is 23.6 Å². The smallest absolute Gasteiger partial charge is 0.279 e. The SMILES string of the molecule is Cc1cc(N2CCN(C(=O)c3cc([N+](=O)[O-])c(C)c([N+](=O)[O-])c3)CC2)ncn1. The monoisotopic (exact) mass is 386 g/mol. The van der Waals surface area contributed by atoms with E-state index in [1.165, 1.54) is 18.2 Å². The normalized spacial score (nSPS) is 14.1. The highest BCUT2D eigenvalue weighted by Crippen LogP contribution is 2.30. The van der Waals surface area contributed by atoms with Gasteiger partial charge < -0.3 is 9.80 Å². The fourth-order valence-corrected chi connectivity index (χ4v) is 3.12. The first-order chi connectivity index (χ1) is 13.3. The van der Waals surface area contributed by atoms with Crippen LogP contribution >= 0.6 is 0 Å². The van der Waals surface area contributed by atoms with Crippen molar-refractivity contribution in [3.63, 3.8) is 0 Å². The largest absolute Gasteiger partial charge is 0.353 e. The number of rotatable bonds is 4. The van der Waals surface area contributed by atoms with Crippen LogP contribution in [0.15, 0.2) is 24.5 Å². The van der Waals surface area contributed by atoms with E-state index in [0.29, 0.717) is 26.2 Å². The predicted molar refractivity (Wildman–Crippen MR) is 99.4 cm³/mol. The molecule has 28 heavy (non-hydrogen) atoms. The Balaban J connectivity index is 1.80. The molecule has 1 amide bonds. The van der Waals surface area contributed by atoms with Crippen molar-refractivity contribution in [2.45, 2.75) is 13.8 Å². The summed E-state index contributed by atoms with van der Waals surface area (Å²) >= 11 is 0. The van der Waals surface area contributed by atoms with Crippen LogP contribution in [0.2, 0.25) is 0 Å². The summed E-state index contributed by atoms with van der Waals surface area (Å²) < 4.78 is 0. The molecular weight excluding hydrogens is 368 g/mol. The number of nitro groups is 2. The average Bonchev–Trinajstić information content (AvgIpc) is 2.67. The van der Waals surface area contributed by atoms with Crippen LogP contribution < -0.4 is 4.90 Å². The zero-order valence-electron chi connectivity index (χ0n) is 15.4. The molecule has 1 aliphatic heterocycles. The number of hydrogen-bond donors (Lipinski definition) is 0. The fourth-order valence-electron chi connectivity index (χ4n) is 3.12. The molecule has 0 atom stereocenters. The van der Waals surface area contributed by atoms with Crippen LogP contribution in [0.25, 0.3) is 0 Å². The maximum atomic E-state index is 12.8. The van der Waals surface area contributed by atoms with Crippen LogP contribution in [0.3, 0.4) is 0 Å². The highest BCUT2D eigenvalue weighted by Gasteiger charge is 2.29. The molecular formula is C17H18N6O5. The molecule has 3 rings (SSSR count). The van der Waals surface area contributed by atoms with Gasteiger partial charge in [-0.2, -0.15) is 0 Å². The molecule has 1 aromatic carbocycles. The minimum absolute atomic E-state index is 0.0599. The standard InChI is InChI=1S/C17H18N6O5/c1-11-7-16(19-10-18-11)20-3-5-21(6-4-20)17(24)13-8-14(22(25)26)12(2)15(9-13)23(27)28/h7-10H,3-6H2,1-2H3. The lowest BCUT2D eigenvalue weighted by Gasteiger charge is -2.35. The zero-order valence-corrected chi connectivity index (χ0v) is 15.4. The first kappa shape index (κ1) is 19.1. The van der Waals surface area contributed by atoms with Crippen LogP contribution in [0.5, 0.6) is 0 Å². The summed E-state index contributed by atoms with van der Waals surface area (Å²) in [6.45, 7) is 4.96. The zero-order chi connectivity index (χ0) is 20.4. The highest BCUT2D eigenvalue weighted by molar-refractivity contribution is 5.96. The second-order valence-electron chi connectivity index (χ2n) is 6.45. The summed E-state index contributed by atoms with van der Waals surface area (Å²) in [4.78, 5) is 45.6. The lowest BCUT2D eigenvalue weighted by molar-refractivity contribution is -0.395. The Morgan fingerprint density at radius 1 is 0.964 bits per heavy atom. The summed E-state index contributed by atoms with van der Waals surface area (Å²) in [5.41, 5.74) is -0.172. The molecule has 0 saturated carbocycles. The van der Waals surface area contributed by atoms with Crippen LogP contribution in [-0.4, -0.2) is 56.8 Å². The minimum atomic E-state index is -0.714. The molecule has 146 valence electrons. The third-order valence-corrected chi connectivity index (χ3v) is 4.67. The van der Waals surface area contributed by atoms with E-state index in [1.807, 2.05) is 17.9 Å². The summed E-state index contributed by atoms with van der Waals surface area (Å²) in [6.07, 6.45) is 1.48. The lowest BCUT2D eigenvalue weighted by atomic mass is 10.1. The number of anilines is 1. The molecule has 1 saturated heterocycles. The summed E-state index contributed by atoms with van der Waals surface area (Å²) in [5, 5.41) is 22.4. The van der Waals surface area contributed by atoms with E-state index in [4.69, 9.17) is 0 Å². The summed E-state index contributed by atoms with van der Waals surface area (Å²) in [7, 11) is 0. The summed E-state index contributed by atoms with van der Waals surface area (Å²) in [5.74, 6) is 0.297. The number of aromatic nitrogens is 2. The van der Waals surface area contributed by atoms with Crippen molar-refractivity contribution in [2.24, 2.45) is 0 Å². The quantitative estimate of drug-likeness (QED) is 0.574. The number of piperazine rings is 1. The van der Waals surface area contributed by atoms with Gasteiger partial charge in [-0.1, -0.05) is 0 Å². The predicted octanol–water partition coefficient (Wildman–Crippen LogP) is 1.87. The molecule has 2 aromatic rings. The number of benzene rings is 1. The van der Waals surface area contributed by atoms with E-state index in [2.05, 4.69) is 9.97 Å². The van der Waals surface area contributed by atoms with Crippen molar-refractivity contribution >= 4 is 23.1 Å². The van der Waals surface area contributed by atoms with Crippen molar-refractivity contribution < 1.29 is 14.6 Å². The topological polar surface area (TPSA) is 136 Å². The van der Waals surface area contributed by atoms with E-state index in [1.54, 1.807) is 0 Å². The Labute approximate surface area is 159 Å². The molecule has 0 spiro atoms. The van der Waals surface area contributed by atoms with Crippen molar-refractivity contribution in [3.8, 4) is 0 Å². The summed E-state index contributed by atoms with van der Waals surface area (Å²) in [6, 6.07) is 4.06.